The lowest BCUT2D eigenvalue weighted by Gasteiger charge is -2.41. The fourth-order valence-corrected chi connectivity index (χ4v) is 4.96. The molecule has 1 saturated heterocycles. The second kappa shape index (κ2) is 3.89. The molecule has 21 heavy (non-hydrogen) atoms. The van der Waals surface area contributed by atoms with Crippen LogP contribution in [0.15, 0.2) is 59.3 Å². The fraction of sp³-hybridized carbons (Fsp3) is 0.368. The van der Waals surface area contributed by atoms with Crippen molar-refractivity contribution in [1.82, 2.24) is 4.90 Å². The van der Waals surface area contributed by atoms with Crippen LogP contribution in [-0.4, -0.2) is 24.0 Å². The Kier molecular flexibility index (Phi) is 2.19. The molecule has 0 saturated carbocycles. The molecule has 2 nitrogen and oxygen atoms in total. The normalized spacial score (nSPS) is 33.0. The van der Waals surface area contributed by atoms with E-state index in [1.807, 2.05) is 0 Å². The van der Waals surface area contributed by atoms with E-state index < -0.39 is 0 Å². The first kappa shape index (κ1) is 11.8. The SMILES string of the molecule is CC1=C2CC=C3Nc4ccccc4[C@@]34CCN(CC=C1)[C@@H]24. The Balaban J connectivity index is 1.80. The van der Waals surface area contributed by atoms with E-state index in [9.17, 15) is 0 Å². The maximum atomic E-state index is 3.71. The minimum absolute atomic E-state index is 0.178. The van der Waals surface area contributed by atoms with Gasteiger partial charge in [0.1, 0.15) is 0 Å². The molecule has 1 aromatic carbocycles. The van der Waals surface area contributed by atoms with Crippen LogP contribution in [0.1, 0.15) is 25.3 Å². The minimum Gasteiger partial charge on any atom is -0.358 e. The zero-order valence-electron chi connectivity index (χ0n) is 12.4. The van der Waals surface area contributed by atoms with Gasteiger partial charge in [-0.1, -0.05) is 42.0 Å². The molecule has 4 aliphatic rings. The van der Waals surface area contributed by atoms with E-state index in [4.69, 9.17) is 0 Å². The van der Waals surface area contributed by atoms with Crippen molar-refractivity contribution in [3.8, 4) is 0 Å². The summed E-state index contributed by atoms with van der Waals surface area (Å²) in [5.41, 5.74) is 7.57. The van der Waals surface area contributed by atoms with Crippen LogP contribution in [0.25, 0.3) is 0 Å². The molecule has 106 valence electrons. The van der Waals surface area contributed by atoms with Crippen molar-refractivity contribution in [3.63, 3.8) is 0 Å². The Bertz CT molecular complexity index is 725. The molecule has 1 spiro atoms. The van der Waals surface area contributed by atoms with Crippen LogP contribution in [-0.2, 0) is 5.41 Å². The van der Waals surface area contributed by atoms with Gasteiger partial charge in [0.2, 0.25) is 0 Å². The molecule has 3 aliphatic heterocycles. The van der Waals surface area contributed by atoms with Crippen LogP contribution >= 0.6 is 0 Å². The molecule has 3 heterocycles. The number of rotatable bonds is 0. The van der Waals surface area contributed by atoms with Gasteiger partial charge in [0.05, 0.1) is 5.41 Å². The van der Waals surface area contributed by atoms with E-state index >= 15 is 0 Å². The first-order chi connectivity index (χ1) is 10.3. The van der Waals surface area contributed by atoms with Crippen molar-refractivity contribution in [2.24, 2.45) is 0 Å². The van der Waals surface area contributed by atoms with Crippen molar-refractivity contribution >= 4 is 5.69 Å². The Labute approximate surface area is 125 Å². The van der Waals surface area contributed by atoms with E-state index in [0.717, 1.165) is 13.0 Å². The molecule has 0 unspecified atom stereocenters. The fourth-order valence-electron chi connectivity index (χ4n) is 4.96. The predicted octanol–water partition coefficient (Wildman–Crippen LogP) is 3.60. The van der Waals surface area contributed by atoms with Gasteiger partial charge in [0.25, 0.3) is 0 Å². The monoisotopic (exact) mass is 276 g/mol. The summed E-state index contributed by atoms with van der Waals surface area (Å²) in [6.07, 6.45) is 9.44. The van der Waals surface area contributed by atoms with E-state index in [-0.39, 0.29) is 5.41 Å². The summed E-state index contributed by atoms with van der Waals surface area (Å²) < 4.78 is 0. The standard InChI is InChI=1S/C19H20N2/c1-13-5-4-11-21-12-10-19-15-6-2-3-7-16(15)20-17(19)9-8-14(13)18(19)21/h2-7,9,18,20H,8,10-12H2,1H3/t18-,19-/m0/s1. The van der Waals surface area contributed by atoms with Gasteiger partial charge >= 0.3 is 0 Å². The van der Waals surface area contributed by atoms with Crippen LogP contribution in [0.5, 0.6) is 0 Å². The third-order valence-corrected chi connectivity index (χ3v) is 5.85. The van der Waals surface area contributed by atoms with Crippen LogP contribution in [0.2, 0.25) is 0 Å². The summed E-state index contributed by atoms with van der Waals surface area (Å²) >= 11 is 0. The van der Waals surface area contributed by atoms with Crippen molar-refractivity contribution in [1.29, 1.82) is 0 Å². The Morgan fingerprint density at radius 1 is 1.29 bits per heavy atom. The van der Waals surface area contributed by atoms with E-state index in [1.54, 1.807) is 5.57 Å². The number of anilines is 1. The van der Waals surface area contributed by atoms with Gasteiger partial charge in [-0.3, -0.25) is 4.90 Å². The zero-order valence-corrected chi connectivity index (χ0v) is 12.4. The first-order valence-electron chi connectivity index (χ1n) is 7.98. The molecule has 2 atom stereocenters. The second-order valence-electron chi connectivity index (χ2n) is 6.72. The Morgan fingerprint density at radius 3 is 3.14 bits per heavy atom. The largest absolute Gasteiger partial charge is 0.358 e. The van der Waals surface area contributed by atoms with Gasteiger partial charge in [-0.05, 0) is 37.0 Å². The molecule has 1 fully saturated rings. The summed E-state index contributed by atoms with van der Waals surface area (Å²) in [6.45, 7) is 4.57. The summed E-state index contributed by atoms with van der Waals surface area (Å²) in [7, 11) is 0. The summed E-state index contributed by atoms with van der Waals surface area (Å²) in [5, 5.41) is 3.71. The van der Waals surface area contributed by atoms with Gasteiger partial charge in [0, 0.05) is 30.5 Å². The van der Waals surface area contributed by atoms with Crippen LogP contribution in [0.4, 0.5) is 5.69 Å². The molecule has 0 amide bonds. The number of nitrogens with zero attached hydrogens (tertiary/aromatic N) is 1. The molecule has 0 aromatic heterocycles. The highest BCUT2D eigenvalue weighted by Gasteiger charge is 2.57. The highest BCUT2D eigenvalue weighted by atomic mass is 15.2. The number of hydrogen-bond donors (Lipinski definition) is 1. The molecule has 5 rings (SSSR count). The van der Waals surface area contributed by atoms with Gasteiger partial charge in [0.15, 0.2) is 0 Å². The van der Waals surface area contributed by atoms with Crippen molar-refractivity contribution in [2.45, 2.75) is 31.2 Å². The molecule has 2 heteroatoms. The zero-order chi connectivity index (χ0) is 14.0. The number of benzene rings is 1. The average Bonchev–Trinajstić information content (AvgIpc) is 2.99. The molecule has 1 aromatic rings. The average molecular weight is 276 g/mol. The quantitative estimate of drug-likeness (QED) is 0.779. The molecule has 1 N–H and O–H groups in total. The summed E-state index contributed by atoms with van der Waals surface area (Å²) in [5.74, 6) is 0. The minimum atomic E-state index is 0.178. The van der Waals surface area contributed by atoms with E-state index in [1.165, 1.54) is 35.5 Å². The summed E-state index contributed by atoms with van der Waals surface area (Å²) in [6, 6.07) is 9.45. The van der Waals surface area contributed by atoms with Crippen molar-refractivity contribution in [3.05, 3.63) is 64.9 Å². The summed E-state index contributed by atoms with van der Waals surface area (Å²) in [4.78, 5) is 2.68. The number of allylic oxidation sites excluding steroid dienone is 3. The van der Waals surface area contributed by atoms with Gasteiger partial charge in [-0.25, -0.2) is 0 Å². The maximum absolute atomic E-state index is 3.71. The third-order valence-electron chi connectivity index (χ3n) is 5.85. The number of para-hydroxylation sites is 1. The van der Waals surface area contributed by atoms with Gasteiger partial charge < -0.3 is 5.32 Å². The molecule has 0 bridgehead atoms. The van der Waals surface area contributed by atoms with Crippen molar-refractivity contribution in [2.75, 3.05) is 18.4 Å². The van der Waals surface area contributed by atoms with Crippen LogP contribution < -0.4 is 5.32 Å². The predicted molar refractivity (Wildman–Crippen MR) is 86.3 cm³/mol. The molecule has 0 radical (unpaired) electrons. The lowest BCUT2D eigenvalue weighted by Crippen LogP contribution is -2.46. The second-order valence-corrected chi connectivity index (χ2v) is 6.72. The van der Waals surface area contributed by atoms with E-state index in [0.29, 0.717) is 6.04 Å². The first-order valence-corrected chi connectivity index (χ1v) is 7.98. The number of nitrogens with one attached hydrogen (secondary N) is 1. The number of hydrogen-bond acceptors (Lipinski definition) is 2. The molecular weight excluding hydrogens is 256 g/mol. The highest BCUT2D eigenvalue weighted by Crippen LogP contribution is 2.57. The van der Waals surface area contributed by atoms with Gasteiger partial charge in [-0.2, -0.15) is 0 Å². The highest BCUT2D eigenvalue weighted by molar-refractivity contribution is 5.72. The maximum Gasteiger partial charge on any atom is 0.0576 e. The Hall–Kier alpha value is -1.80. The molecule has 1 aliphatic carbocycles. The van der Waals surface area contributed by atoms with Crippen LogP contribution in [0.3, 0.4) is 0 Å². The number of fused-ring (bicyclic) bond motifs is 1. The Morgan fingerprint density at radius 2 is 2.19 bits per heavy atom. The van der Waals surface area contributed by atoms with Gasteiger partial charge in [-0.15, -0.1) is 0 Å². The molecular formula is C19H20N2. The smallest absolute Gasteiger partial charge is 0.0576 e. The topological polar surface area (TPSA) is 15.3 Å². The van der Waals surface area contributed by atoms with Crippen LogP contribution in [0, 0.1) is 0 Å². The lowest BCUT2D eigenvalue weighted by atomic mass is 9.67. The lowest BCUT2D eigenvalue weighted by molar-refractivity contribution is 0.271. The van der Waals surface area contributed by atoms with E-state index in [2.05, 4.69) is 59.6 Å². The third kappa shape index (κ3) is 1.32. The van der Waals surface area contributed by atoms with Crippen molar-refractivity contribution < 1.29 is 0 Å².